The van der Waals surface area contributed by atoms with E-state index in [1.165, 1.54) is 0 Å². The Kier molecular flexibility index (Phi) is 4.47. The van der Waals surface area contributed by atoms with Crippen LogP contribution in [0.1, 0.15) is 24.8 Å². The van der Waals surface area contributed by atoms with Crippen LogP contribution in [-0.2, 0) is 6.54 Å². The molecular weight excluding hydrogens is 348 g/mol. The number of nitrogens with one attached hydrogen (secondary N) is 1. The number of hydrogen-bond acceptors (Lipinski definition) is 3. The minimum absolute atomic E-state index is 0.201. The van der Waals surface area contributed by atoms with Crippen molar-refractivity contribution >= 4 is 37.5 Å². The Morgan fingerprint density at radius 1 is 1.35 bits per heavy atom. The van der Waals surface area contributed by atoms with E-state index < -0.39 is 0 Å². The molecule has 0 amide bonds. The number of nitrogens with two attached hydrogens (primary N) is 1. The fourth-order valence-electron chi connectivity index (χ4n) is 2.20. The lowest BCUT2D eigenvalue weighted by Gasteiger charge is -2.17. The summed E-state index contributed by atoms with van der Waals surface area (Å²) in [6, 6.07) is 4.14. The summed E-state index contributed by atoms with van der Waals surface area (Å²) in [5.74, 6) is 0. The highest BCUT2D eigenvalue weighted by Crippen LogP contribution is 2.28. The molecule has 0 aliphatic heterocycles. The summed E-state index contributed by atoms with van der Waals surface area (Å²) in [5.41, 5.74) is 7.80. The molecule has 0 unspecified atom stereocenters. The Morgan fingerprint density at radius 3 is 2.76 bits per heavy atom. The SMILES string of the molecule is Nc1c(Br)cc(Br)cc1CN[C@@H]1CCC[C@@H]1O. The summed E-state index contributed by atoms with van der Waals surface area (Å²) in [6.07, 6.45) is 2.81. The number of rotatable bonds is 3. The van der Waals surface area contributed by atoms with Crippen LogP contribution in [0, 0.1) is 0 Å². The molecule has 0 bridgehead atoms. The summed E-state index contributed by atoms with van der Waals surface area (Å²) in [5, 5.41) is 13.1. The van der Waals surface area contributed by atoms with Crippen molar-refractivity contribution in [2.75, 3.05) is 5.73 Å². The van der Waals surface area contributed by atoms with Crippen LogP contribution in [0.4, 0.5) is 5.69 Å². The smallest absolute Gasteiger partial charge is 0.0693 e. The third-order valence-corrected chi connectivity index (χ3v) is 4.33. The lowest BCUT2D eigenvalue weighted by molar-refractivity contribution is 0.148. The molecule has 1 aliphatic rings. The second-order valence-corrected chi connectivity index (χ2v) is 6.22. The predicted molar refractivity (Wildman–Crippen MR) is 76.7 cm³/mol. The van der Waals surface area contributed by atoms with Gasteiger partial charge in [-0.15, -0.1) is 0 Å². The van der Waals surface area contributed by atoms with Crippen LogP contribution in [0.3, 0.4) is 0 Å². The van der Waals surface area contributed by atoms with Crippen LogP contribution in [0.2, 0.25) is 0 Å². The molecule has 3 nitrogen and oxygen atoms in total. The predicted octanol–water partition coefficient (Wildman–Crippen LogP) is 2.80. The van der Waals surface area contributed by atoms with Gasteiger partial charge in [0.25, 0.3) is 0 Å². The highest BCUT2D eigenvalue weighted by atomic mass is 79.9. The largest absolute Gasteiger partial charge is 0.398 e. The average molecular weight is 364 g/mol. The van der Waals surface area contributed by atoms with Crippen LogP contribution in [-0.4, -0.2) is 17.3 Å². The van der Waals surface area contributed by atoms with E-state index in [1.54, 1.807) is 0 Å². The fourth-order valence-corrected chi connectivity index (χ4v) is 3.52. The quantitative estimate of drug-likeness (QED) is 0.723. The van der Waals surface area contributed by atoms with Gasteiger partial charge in [0.15, 0.2) is 0 Å². The van der Waals surface area contributed by atoms with Gasteiger partial charge in [-0.3, -0.25) is 0 Å². The van der Waals surface area contributed by atoms with Crippen molar-refractivity contribution < 1.29 is 5.11 Å². The lowest BCUT2D eigenvalue weighted by Crippen LogP contribution is -2.35. The maximum Gasteiger partial charge on any atom is 0.0693 e. The van der Waals surface area contributed by atoms with Crippen molar-refractivity contribution in [3.63, 3.8) is 0 Å². The van der Waals surface area contributed by atoms with Crippen LogP contribution < -0.4 is 11.1 Å². The van der Waals surface area contributed by atoms with Crippen LogP contribution in [0.15, 0.2) is 21.1 Å². The van der Waals surface area contributed by atoms with E-state index >= 15 is 0 Å². The summed E-state index contributed by atoms with van der Waals surface area (Å²) >= 11 is 6.88. The number of benzene rings is 1. The molecule has 94 valence electrons. The van der Waals surface area contributed by atoms with Crippen LogP contribution in [0.25, 0.3) is 0 Å². The minimum atomic E-state index is -0.216. The van der Waals surface area contributed by atoms with Gasteiger partial charge >= 0.3 is 0 Å². The van der Waals surface area contributed by atoms with Crippen molar-refractivity contribution in [2.24, 2.45) is 0 Å². The Bertz CT molecular complexity index is 412. The van der Waals surface area contributed by atoms with Gasteiger partial charge < -0.3 is 16.2 Å². The highest BCUT2D eigenvalue weighted by Gasteiger charge is 2.24. The monoisotopic (exact) mass is 362 g/mol. The van der Waals surface area contributed by atoms with Crippen LogP contribution >= 0.6 is 31.9 Å². The van der Waals surface area contributed by atoms with E-state index in [2.05, 4.69) is 37.2 Å². The molecule has 1 fully saturated rings. The molecule has 0 aromatic heterocycles. The molecule has 2 rings (SSSR count). The number of nitrogen functional groups attached to an aromatic ring is 1. The van der Waals surface area contributed by atoms with Crippen molar-refractivity contribution in [2.45, 2.75) is 38.0 Å². The number of aliphatic hydroxyl groups excluding tert-OH is 1. The number of aliphatic hydroxyl groups is 1. The van der Waals surface area contributed by atoms with E-state index in [-0.39, 0.29) is 12.1 Å². The van der Waals surface area contributed by atoms with Gasteiger partial charge in [-0.05, 0) is 52.9 Å². The van der Waals surface area contributed by atoms with E-state index in [0.717, 1.165) is 39.5 Å². The van der Waals surface area contributed by atoms with Crippen molar-refractivity contribution in [1.29, 1.82) is 0 Å². The topological polar surface area (TPSA) is 58.3 Å². The zero-order chi connectivity index (χ0) is 12.4. The van der Waals surface area contributed by atoms with E-state index in [4.69, 9.17) is 5.73 Å². The van der Waals surface area contributed by atoms with E-state index in [1.807, 2.05) is 12.1 Å². The Labute approximate surface area is 118 Å². The molecule has 0 radical (unpaired) electrons. The molecule has 5 heteroatoms. The molecule has 0 spiro atoms. The Hall–Kier alpha value is -0.100. The van der Waals surface area contributed by atoms with Gasteiger partial charge in [0.2, 0.25) is 0 Å². The molecule has 1 saturated carbocycles. The van der Waals surface area contributed by atoms with Gasteiger partial charge in [-0.25, -0.2) is 0 Å². The molecular formula is C12H16Br2N2O. The zero-order valence-corrected chi connectivity index (χ0v) is 12.6. The number of anilines is 1. The maximum absolute atomic E-state index is 9.73. The highest BCUT2D eigenvalue weighted by molar-refractivity contribution is 9.11. The van der Waals surface area contributed by atoms with Crippen molar-refractivity contribution in [3.8, 4) is 0 Å². The maximum atomic E-state index is 9.73. The van der Waals surface area contributed by atoms with E-state index in [0.29, 0.717) is 6.54 Å². The summed E-state index contributed by atoms with van der Waals surface area (Å²) in [4.78, 5) is 0. The summed E-state index contributed by atoms with van der Waals surface area (Å²) < 4.78 is 1.90. The normalized spacial score (nSPS) is 24.2. The van der Waals surface area contributed by atoms with Gasteiger partial charge in [-0.2, -0.15) is 0 Å². The molecule has 4 N–H and O–H groups in total. The van der Waals surface area contributed by atoms with Crippen molar-refractivity contribution in [1.82, 2.24) is 5.32 Å². The third kappa shape index (κ3) is 3.22. The third-order valence-electron chi connectivity index (χ3n) is 3.21. The second-order valence-electron chi connectivity index (χ2n) is 4.45. The van der Waals surface area contributed by atoms with Gasteiger partial charge in [0.05, 0.1) is 11.8 Å². The Balaban J connectivity index is 2.03. The van der Waals surface area contributed by atoms with Gasteiger partial charge in [0.1, 0.15) is 0 Å². The molecule has 0 heterocycles. The molecule has 0 saturated heterocycles. The van der Waals surface area contributed by atoms with E-state index in [9.17, 15) is 5.11 Å². The minimum Gasteiger partial charge on any atom is -0.398 e. The number of hydrogen-bond donors (Lipinski definition) is 3. The molecule has 17 heavy (non-hydrogen) atoms. The lowest BCUT2D eigenvalue weighted by atomic mass is 10.1. The summed E-state index contributed by atoms with van der Waals surface area (Å²) in [7, 11) is 0. The van der Waals surface area contributed by atoms with Gasteiger partial charge in [0, 0.05) is 21.5 Å². The second kappa shape index (κ2) is 5.69. The van der Waals surface area contributed by atoms with Gasteiger partial charge in [-0.1, -0.05) is 15.9 Å². The molecule has 1 aromatic carbocycles. The first kappa shape index (κ1) is 13.3. The standard InChI is InChI=1S/C12H16Br2N2O/c13-8-4-7(12(15)9(14)5-8)6-16-10-2-1-3-11(10)17/h4-5,10-11,16-17H,1-3,6,15H2/t10-,11+/m1/s1. The van der Waals surface area contributed by atoms with Crippen molar-refractivity contribution in [3.05, 3.63) is 26.6 Å². The fraction of sp³-hybridized carbons (Fsp3) is 0.500. The number of halogens is 2. The first-order valence-corrected chi connectivity index (χ1v) is 7.31. The molecule has 2 atom stereocenters. The zero-order valence-electron chi connectivity index (χ0n) is 9.42. The van der Waals surface area contributed by atoms with Crippen LogP contribution in [0.5, 0.6) is 0 Å². The first-order valence-electron chi connectivity index (χ1n) is 5.73. The summed E-state index contributed by atoms with van der Waals surface area (Å²) in [6.45, 7) is 0.686. The molecule has 1 aliphatic carbocycles. The average Bonchev–Trinajstić information content (AvgIpc) is 2.67. The Morgan fingerprint density at radius 2 is 2.12 bits per heavy atom. The molecule has 1 aromatic rings. The first-order chi connectivity index (χ1) is 8.08.